The van der Waals surface area contributed by atoms with E-state index in [0.717, 1.165) is 0 Å². The summed E-state index contributed by atoms with van der Waals surface area (Å²) in [4.78, 5) is 24.8. The SMILES string of the molecule is O=C(Nc1ccccc1C(=O)NCC(O)c1ccco1)c1ccccc1. The van der Waals surface area contributed by atoms with Crippen molar-refractivity contribution in [3.8, 4) is 0 Å². The van der Waals surface area contributed by atoms with E-state index < -0.39 is 12.0 Å². The second-order valence-electron chi connectivity index (χ2n) is 5.61. The van der Waals surface area contributed by atoms with E-state index in [9.17, 15) is 14.7 Å². The van der Waals surface area contributed by atoms with Crippen LogP contribution in [0.15, 0.2) is 77.4 Å². The molecule has 6 nitrogen and oxygen atoms in total. The summed E-state index contributed by atoms with van der Waals surface area (Å²) in [5, 5.41) is 15.4. The molecule has 1 heterocycles. The number of anilines is 1. The molecule has 3 rings (SSSR count). The molecule has 3 N–H and O–H groups in total. The predicted molar refractivity (Wildman–Crippen MR) is 96.8 cm³/mol. The van der Waals surface area contributed by atoms with Gasteiger partial charge in [0.25, 0.3) is 11.8 Å². The third-order valence-electron chi connectivity index (χ3n) is 3.78. The Balaban J connectivity index is 1.68. The molecule has 132 valence electrons. The average molecular weight is 350 g/mol. The molecular weight excluding hydrogens is 332 g/mol. The van der Waals surface area contributed by atoms with Crippen LogP contribution in [0.1, 0.15) is 32.6 Å². The Hall–Kier alpha value is -3.38. The summed E-state index contributed by atoms with van der Waals surface area (Å²) in [5.41, 5.74) is 1.20. The van der Waals surface area contributed by atoms with Gasteiger partial charge in [-0.05, 0) is 36.4 Å². The number of carbonyl (C=O) groups is 2. The Bertz CT molecular complexity index is 876. The van der Waals surface area contributed by atoms with Crippen LogP contribution in [-0.4, -0.2) is 23.5 Å². The first kappa shape index (κ1) is 17.4. The van der Waals surface area contributed by atoms with E-state index in [-0.39, 0.29) is 12.5 Å². The van der Waals surface area contributed by atoms with Crippen LogP contribution in [0.2, 0.25) is 0 Å². The Labute approximate surface area is 150 Å². The van der Waals surface area contributed by atoms with Crippen molar-refractivity contribution in [3.05, 3.63) is 89.9 Å². The third-order valence-corrected chi connectivity index (χ3v) is 3.78. The Kier molecular flexibility index (Phi) is 5.46. The van der Waals surface area contributed by atoms with Crippen LogP contribution in [0.4, 0.5) is 5.69 Å². The zero-order chi connectivity index (χ0) is 18.4. The molecule has 26 heavy (non-hydrogen) atoms. The van der Waals surface area contributed by atoms with Gasteiger partial charge in [0, 0.05) is 5.56 Å². The van der Waals surface area contributed by atoms with Crippen LogP contribution < -0.4 is 10.6 Å². The van der Waals surface area contributed by atoms with E-state index in [4.69, 9.17) is 4.42 Å². The van der Waals surface area contributed by atoms with Crippen molar-refractivity contribution in [1.82, 2.24) is 5.32 Å². The van der Waals surface area contributed by atoms with Gasteiger partial charge >= 0.3 is 0 Å². The number of amides is 2. The van der Waals surface area contributed by atoms with Crippen molar-refractivity contribution in [2.45, 2.75) is 6.10 Å². The maximum Gasteiger partial charge on any atom is 0.255 e. The first-order valence-electron chi connectivity index (χ1n) is 8.10. The lowest BCUT2D eigenvalue weighted by Gasteiger charge is -2.13. The molecule has 2 aromatic carbocycles. The summed E-state index contributed by atoms with van der Waals surface area (Å²) in [6.45, 7) is -0.00663. The normalized spacial score (nSPS) is 11.6. The molecular formula is C20H18N2O4. The fourth-order valence-corrected chi connectivity index (χ4v) is 2.44. The quantitative estimate of drug-likeness (QED) is 0.637. The molecule has 0 saturated heterocycles. The minimum atomic E-state index is -0.944. The minimum absolute atomic E-state index is 0.00663. The van der Waals surface area contributed by atoms with Crippen LogP contribution in [0.3, 0.4) is 0 Å². The lowest BCUT2D eigenvalue weighted by atomic mass is 10.1. The zero-order valence-electron chi connectivity index (χ0n) is 13.9. The van der Waals surface area contributed by atoms with E-state index in [1.54, 1.807) is 60.7 Å². The van der Waals surface area contributed by atoms with Crippen molar-refractivity contribution in [3.63, 3.8) is 0 Å². The molecule has 1 atom stereocenters. The summed E-state index contributed by atoms with van der Waals surface area (Å²) < 4.78 is 5.10. The Morgan fingerprint density at radius 2 is 1.65 bits per heavy atom. The van der Waals surface area contributed by atoms with Gasteiger partial charge in [-0.1, -0.05) is 30.3 Å². The largest absolute Gasteiger partial charge is 0.467 e. The number of hydrogen-bond donors (Lipinski definition) is 3. The molecule has 0 aliphatic heterocycles. The van der Waals surface area contributed by atoms with Gasteiger partial charge in [0.15, 0.2) is 0 Å². The van der Waals surface area contributed by atoms with Gasteiger partial charge in [0.1, 0.15) is 11.9 Å². The van der Waals surface area contributed by atoms with E-state index in [2.05, 4.69) is 10.6 Å². The van der Waals surface area contributed by atoms with Gasteiger partial charge in [-0.3, -0.25) is 9.59 Å². The zero-order valence-corrected chi connectivity index (χ0v) is 13.9. The van der Waals surface area contributed by atoms with Crippen LogP contribution in [-0.2, 0) is 0 Å². The third kappa shape index (κ3) is 4.17. The van der Waals surface area contributed by atoms with Crippen molar-refractivity contribution in [1.29, 1.82) is 0 Å². The maximum absolute atomic E-state index is 12.5. The molecule has 1 aromatic heterocycles. The maximum atomic E-state index is 12.5. The molecule has 1 unspecified atom stereocenters. The smallest absolute Gasteiger partial charge is 0.255 e. The summed E-state index contributed by atoms with van der Waals surface area (Å²) >= 11 is 0. The number of para-hydroxylation sites is 1. The second kappa shape index (κ2) is 8.13. The van der Waals surface area contributed by atoms with E-state index >= 15 is 0 Å². The number of benzene rings is 2. The topological polar surface area (TPSA) is 91.6 Å². The van der Waals surface area contributed by atoms with Crippen molar-refractivity contribution >= 4 is 17.5 Å². The van der Waals surface area contributed by atoms with Crippen molar-refractivity contribution in [2.24, 2.45) is 0 Å². The minimum Gasteiger partial charge on any atom is -0.467 e. The number of nitrogens with one attached hydrogen (secondary N) is 2. The lowest BCUT2D eigenvalue weighted by Crippen LogP contribution is -2.29. The average Bonchev–Trinajstić information content (AvgIpc) is 3.22. The van der Waals surface area contributed by atoms with Gasteiger partial charge in [-0.2, -0.15) is 0 Å². The summed E-state index contributed by atoms with van der Waals surface area (Å²) in [6, 6.07) is 18.7. The van der Waals surface area contributed by atoms with Crippen LogP contribution >= 0.6 is 0 Å². The van der Waals surface area contributed by atoms with Gasteiger partial charge < -0.3 is 20.2 Å². The molecule has 0 saturated carbocycles. The summed E-state index contributed by atoms with van der Waals surface area (Å²) in [6.07, 6.45) is 0.509. The first-order valence-corrected chi connectivity index (χ1v) is 8.10. The number of hydrogen-bond acceptors (Lipinski definition) is 4. The van der Waals surface area contributed by atoms with Gasteiger partial charge in [0.05, 0.1) is 24.1 Å². The molecule has 6 heteroatoms. The highest BCUT2D eigenvalue weighted by Gasteiger charge is 2.16. The van der Waals surface area contributed by atoms with Gasteiger partial charge in [-0.25, -0.2) is 0 Å². The molecule has 2 amide bonds. The van der Waals surface area contributed by atoms with Gasteiger partial charge in [-0.15, -0.1) is 0 Å². The summed E-state index contributed by atoms with van der Waals surface area (Å²) in [5.74, 6) is -0.336. The molecule has 0 radical (unpaired) electrons. The van der Waals surface area contributed by atoms with Gasteiger partial charge in [0.2, 0.25) is 0 Å². The Morgan fingerprint density at radius 1 is 0.923 bits per heavy atom. The number of aliphatic hydroxyl groups is 1. The summed E-state index contributed by atoms with van der Waals surface area (Å²) in [7, 11) is 0. The standard InChI is InChI=1S/C20H18N2O4/c23-17(18-11-6-12-26-18)13-21-20(25)15-9-4-5-10-16(15)22-19(24)14-7-2-1-3-8-14/h1-12,17,23H,13H2,(H,21,25)(H,22,24). The lowest BCUT2D eigenvalue weighted by molar-refractivity contribution is 0.0902. The molecule has 3 aromatic rings. The molecule has 0 spiro atoms. The molecule has 0 bridgehead atoms. The highest BCUT2D eigenvalue weighted by molar-refractivity contribution is 6.08. The van der Waals surface area contributed by atoms with E-state index in [1.165, 1.54) is 6.26 Å². The number of carbonyl (C=O) groups excluding carboxylic acids is 2. The molecule has 0 fully saturated rings. The van der Waals surface area contributed by atoms with Crippen molar-refractivity contribution < 1.29 is 19.1 Å². The first-order chi connectivity index (χ1) is 12.6. The highest BCUT2D eigenvalue weighted by atomic mass is 16.4. The fraction of sp³-hybridized carbons (Fsp3) is 0.100. The number of furan rings is 1. The van der Waals surface area contributed by atoms with Crippen LogP contribution in [0.25, 0.3) is 0 Å². The van der Waals surface area contributed by atoms with E-state index in [0.29, 0.717) is 22.6 Å². The second-order valence-corrected chi connectivity index (χ2v) is 5.61. The predicted octanol–water partition coefficient (Wildman–Crippen LogP) is 3.00. The fourth-order valence-electron chi connectivity index (χ4n) is 2.44. The highest BCUT2D eigenvalue weighted by Crippen LogP contribution is 2.17. The van der Waals surface area contributed by atoms with E-state index in [1.807, 2.05) is 6.07 Å². The van der Waals surface area contributed by atoms with Crippen molar-refractivity contribution in [2.75, 3.05) is 11.9 Å². The van der Waals surface area contributed by atoms with Crippen LogP contribution in [0.5, 0.6) is 0 Å². The molecule has 0 aliphatic rings. The molecule has 0 aliphatic carbocycles. The number of aliphatic hydroxyl groups excluding tert-OH is 1. The van der Waals surface area contributed by atoms with Crippen LogP contribution in [0, 0.1) is 0 Å². The Morgan fingerprint density at radius 3 is 2.38 bits per heavy atom. The monoisotopic (exact) mass is 350 g/mol. The number of rotatable bonds is 6.